The molecule has 2 aliphatic heterocycles. The number of rotatable bonds is 8. The number of hydrogen-bond donors (Lipinski definition) is 1. The van der Waals surface area contributed by atoms with Crippen molar-refractivity contribution in [3.63, 3.8) is 0 Å². The summed E-state index contributed by atoms with van der Waals surface area (Å²) in [6, 6.07) is 5.08. The second-order valence-corrected chi connectivity index (χ2v) is 9.60. The lowest BCUT2D eigenvalue weighted by atomic mass is 9.89. The van der Waals surface area contributed by atoms with Crippen LogP contribution in [0.4, 0.5) is 19.1 Å². The summed E-state index contributed by atoms with van der Waals surface area (Å²) in [5.74, 6) is -2.83. The third kappa shape index (κ3) is 4.87. The van der Waals surface area contributed by atoms with E-state index >= 15 is 0 Å². The van der Waals surface area contributed by atoms with E-state index in [-0.39, 0.29) is 30.8 Å². The van der Waals surface area contributed by atoms with Crippen molar-refractivity contribution in [3.05, 3.63) is 70.6 Å². The minimum absolute atomic E-state index is 0.0193. The number of hydrogen-bond acceptors (Lipinski definition) is 6. The minimum Gasteiger partial charge on any atom is -0.492 e. The number of aromatic nitrogens is 3. The van der Waals surface area contributed by atoms with E-state index in [1.807, 2.05) is 29.8 Å². The van der Waals surface area contributed by atoms with Crippen molar-refractivity contribution >= 4 is 11.9 Å². The standard InChI is InChI=1S/C26H29F3N6O2/c1-16(18-10-22(37-3)23(27)32-11-18)35-6-4-20-19(13-33-14-26(28,29)15-33)8-17(9-21(20)24(35)36)12-34-7-5-31-25(34)30-2/h5,7-11,16H,4,6,12-15H2,1-3H3,(H,30,31)/t16-/m0/s1. The van der Waals surface area contributed by atoms with Gasteiger partial charge in [0.25, 0.3) is 17.8 Å². The maximum atomic E-state index is 13.9. The third-order valence-electron chi connectivity index (χ3n) is 7.09. The summed E-state index contributed by atoms with van der Waals surface area (Å²) in [5.41, 5.74) is 3.88. The molecular formula is C26H29F3N6O2. The van der Waals surface area contributed by atoms with E-state index < -0.39 is 11.9 Å². The van der Waals surface area contributed by atoms with E-state index in [4.69, 9.17) is 4.74 Å². The lowest BCUT2D eigenvalue weighted by Crippen LogP contribution is -2.55. The normalized spacial score (nSPS) is 17.8. The van der Waals surface area contributed by atoms with Gasteiger partial charge in [-0.25, -0.2) is 18.7 Å². The number of benzene rings is 1. The number of halogens is 3. The zero-order chi connectivity index (χ0) is 26.3. The predicted octanol–water partition coefficient (Wildman–Crippen LogP) is 3.73. The molecular weight excluding hydrogens is 485 g/mol. The molecule has 8 nitrogen and oxygen atoms in total. The van der Waals surface area contributed by atoms with E-state index in [1.54, 1.807) is 29.1 Å². The van der Waals surface area contributed by atoms with Crippen LogP contribution in [0.3, 0.4) is 0 Å². The van der Waals surface area contributed by atoms with Gasteiger partial charge in [-0.3, -0.25) is 9.69 Å². The summed E-state index contributed by atoms with van der Waals surface area (Å²) in [4.78, 5) is 25.3. The molecule has 1 N–H and O–H groups in total. The van der Waals surface area contributed by atoms with Gasteiger partial charge < -0.3 is 19.5 Å². The first-order valence-electron chi connectivity index (χ1n) is 12.1. The number of carbonyl (C=O) groups excluding carboxylic acids is 1. The topological polar surface area (TPSA) is 75.5 Å². The summed E-state index contributed by atoms with van der Waals surface area (Å²) >= 11 is 0. The van der Waals surface area contributed by atoms with Crippen LogP contribution in [0.5, 0.6) is 5.75 Å². The van der Waals surface area contributed by atoms with E-state index in [0.717, 1.165) is 16.7 Å². The molecule has 0 aliphatic carbocycles. The number of methoxy groups -OCH3 is 1. The SMILES string of the molecule is CNc1nccn1Cc1cc(CN2CC(F)(F)C2)c2c(c1)C(=O)N([C@@H](C)c1cnc(F)c(OC)c1)CC2. The molecule has 37 heavy (non-hydrogen) atoms. The van der Waals surface area contributed by atoms with Crippen LogP contribution in [-0.4, -0.2) is 70.0 Å². The fourth-order valence-corrected chi connectivity index (χ4v) is 5.19. The monoisotopic (exact) mass is 514 g/mol. The van der Waals surface area contributed by atoms with Gasteiger partial charge in [0.1, 0.15) is 0 Å². The molecule has 1 atom stereocenters. The fraction of sp³-hybridized carbons (Fsp3) is 0.423. The van der Waals surface area contributed by atoms with Gasteiger partial charge in [0.05, 0.1) is 32.8 Å². The number of nitrogens with zero attached hydrogens (tertiary/aromatic N) is 5. The maximum absolute atomic E-state index is 13.9. The van der Waals surface area contributed by atoms with Crippen LogP contribution in [0, 0.1) is 5.95 Å². The zero-order valence-corrected chi connectivity index (χ0v) is 21.0. The van der Waals surface area contributed by atoms with Crippen LogP contribution < -0.4 is 10.1 Å². The number of imidazole rings is 1. The number of alkyl halides is 2. The Morgan fingerprint density at radius 1 is 1.19 bits per heavy atom. The number of nitrogens with one attached hydrogen (secondary N) is 1. The van der Waals surface area contributed by atoms with Crippen molar-refractivity contribution in [2.24, 2.45) is 0 Å². The second-order valence-electron chi connectivity index (χ2n) is 9.60. The highest BCUT2D eigenvalue weighted by Crippen LogP contribution is 2.34. The van der Waals surface area contributed by atoms with Crippen molar-refractivity contribution < 1.29 is 22.7 Å². The van der Waals surface area contributed by atoms with Crippen LogP contribution >= 0.6 is 0 Å². The molecule has 4 heterocycles. The van der Waals surface area contributed by atoms with Gasteiger partial charge in [-0.15, -0.1) is 0 Å². The third-order valence-corrected chi connectivity index (χ3v) is 7.09. The largest absolute Gasteiger partial charge is 0.492 e. The highest BCUT2D eigenvalue weighted by atomic mass is 19.3. The summed E-state index contributed by atoms with van der Waals surface area (Å²) in [5, 5.41) is 3.04. The number of carbonyl (C=O) groups is 1. The van der Waals surface area contributed by atoms with E-state index in [2.05, 4.69) is 15.3 Å². The van der Waals surface area contributed by atoms with Gasteiger partial charge in [-0.2, -0.15) is 4.39 Å². The van der Waals surface area contributed by atoms with Crippen LogP contribution in [0.2, 0.25) is 0 Å². The Labute approximate surface area is 213 Å². The predicted molar refractivity (Wildman–Crippen MR) is 131 cm³/mol. The summed E-state index contributed by atoms with van der Waals surface area (Å²) in [6.07, 6.45) is 5.53. The molecule has 0 unspecified atom stereocenters. The van der Waals surface area contributed by atoms with Crippen molar-refractivity contribution in [2.45, 2.75) is 38.4 Å². The highest BCUT2D eigenvalue weighted by molar-refractivity contribution is 5.97. The maximum Gasteiger partial charge on any atom is 0.272 e. The molecule has 0 saturated carbocycles. The van der Waals surface area contributed by atoms with Gasteiger partial charge >= 0.3 is 0 Å². The van der Waals surface area contributed by atoms with Gasteiger partial charge in [0.15, 0.2) is 5.75 Å². The highest BCUT2D eigenvalue weighted by Gasteiger charge is 2.44. The Morgan fingerprint density at radius 2 is 1.97 bits per heavy atom. The zero-order valence-electron chi connectivity index (χ0n) is 21.0. The average molecular weight is 515 g/mol. The number of pyridine rings is 1. The van der Waals surface area contributed by atoms with Gasteiger partial charge in [-0.1, -0.05) is 6.07 Å². The molecule has 1 amide bonds. The van der Waals surface area contributed by atoms with Crippen molar-refractivity contribution in [3.8, 4) is 5.75 Å². The number of ether oxygens (including phenoxy) is 1. The Morgan fingerprint density at radius 3 is 2.68 bits per heavy atom. The molecule has 1 fully saturated rings. The number of amides is 1. The van der Waals surface area contributed by atoms with Crippen molar-refractivity contribution in [1.82, 2.24) is 24.3 Å². The smallest absolute Gasteiger partial charge is 0.272 e. The molecule has 3 aromatic rings. The molecule has 5 rings (SSSR count). The average Bonchev–Trinajstić information content (AvgIpc) is 3.30. The van der Waals surface area contributed by atoms with Gasteiger partial charge in [0.2, 0.25) is 5.95 Å². The van der Waals surface area contributed by atoms with Crippen LogP contribution in [0.25, 0.3) is 0 Å². The first-order chi connectivity index (χ1) is 17.7. The molecule has 11 heteroatoms. The van der Waals surface area contributed by atoms with E-state index in [1.165, 1.54) is 13.3 Å². The number of anilines is 1. The lowest BCUT2D eigenvalue weighted by Gasteiger charge is -2.40. The quantitative estimate of drug-likeness (QED) is 0.462. The minimum atomic E-state index is -2.66. The Balaban J connectivity index is 1.48. The van der Waals surface area contributed by atoms with Crippen molar-refractivity contribution in [2.75, 3.05) is 39.1 Å². The Bertz CT molecular complexity index is 1320. The number of likely N-dealkylation sites (tertiary alicyclic amines) is 1. The molecule has 0 radical (unpaired) electrons. The van der Waals surface area contributed by atoms with Gasteiger partial charge in [0, 0.05) is 44.3 Å². The lowest BCUT2D eigenvalue weighted by molar-refractivity contribution is -0.134. The van der Waals surface area contributed by atoms with E-state index in [9.17, 15) is 18.0 Å². The first kappa shape index (κ1) is 25.1. The summed E-state index contributed by atoms with van der Waals surface area (Å²) < 4.78 is 47.9. The van der Waals surface area contributed by atoms with Crippen LogP contribution in [0.15, 0.2) is 36.8 Å². The molecule has 2 aliphatic rings. The summed E-state index contributed by atoms with van der Waals surface area (Å²) in [7, 11) is 3.15. The van der Waals surface area contributed by atoms with Crippen LogP contribution in [0.1, 0.15) is 45.6 Å². The second kappa shape index (κ2) is 9.70. The molecule has 2 aromatic heterocycles. The first-order valence-corrected chi connectivity index (χ1v) is 12.1. The number of fused-ring (bicyclic) bond motifs is 1. The Kier molecular flexibility index (Phi) is 6.57. The molecule has 0 spiro atoms. The van der Waals surface area contributed by atoms with E-state index in [0.29, 0.717) is 43.1 Å². The Hall–Kier alpha value is -3.60. The summed E-state index contributed by atoms with van der Waals surface area (Å²) in [6.45, 7) is 2.57. The van der Waals surface area contributed by atoms with Gasteiger partial charge in [-0.05, 0) is 47.7 Å². The molecule has 196 valence electrons. The van der Waals surface area contributed by atoms with Crippen LogP contribution in [-0.2, 0) is 19.5 Å². The molecule has 0 bridgehead atoms. The molecule has 1 saturated heterocycles. The molecule has 1 aromatic carbocycles. The fourth-order valence-electron chi connectivity index (χ4n) is 5.19. The van der Waals surface area contributed by atoms with Crippen molar-refractivity contribution in [1.29, 1.82) is 0 Å².